The van der Waals surface area contributed by atoms with E-state index in [1.54, 1.807) is 0 Å². The number of hydrogen-bond acceptors (Lipinski definition) is 2. The molecule has 0 amide bonds. The Hall–Kier alpha value is -0.0800. The maximum atomic E-state index is 5.84. The van der Waals surface area contributed by atoms with E-state index in [0.717, 1.165) is 6.54 Å². The Morgan fingerprint density at radius 2 is 1.73 bits per heavy atom. The van der Waals surface area contributed by atoms with Crippen LogP contribution in [0.4, 0.5) is 0 Å². The second-order valence-corrected chi connectivity index (χ2v) is 6.14. The minimum absolute atomic E-state index is 0.528. The molecular weight excluding hydrogens is 184 g/mol. The smallest absolute Gasteiger partial charge is 0.00501 e. The van der Waals surface area contributed by atoms with Crippen molar-refractivity contribution in [2.24, 2.45) is 16.6 Å². The molecule has 0 spiro atoms. The first-order valence-corrected chi connectivity index (χ1v) is 6.54. The molecule has 0 radical (unpaired) electrons. The van der Waals surface area contributed by atoms with Crippen molar-refractivity contribution in [2.45, 2.75) is 46.0 Å². The van der Waals surface area contributed by atoms with E-state index in [9.17, 15) is 0 Å². The Morgan fingerprint density at radius 3 is 2.13 bits per heavy atom. The first-order valence-electron chi connectivity index (χ1n) is 6.54. The van der Waals surface area contributed by atoms with Crippen molar-refractivity contribution < 1.29 is 0 Å². The lowest BCUT2D eigenvalue weighted by Crippen LogP contribution is -2.42. The normalized spacial score (nSPS) is 29.0. The van der Waals surface area contributed by atoms with Crippen LogP contribution in [0.5, 0.6) is 0 Å². The molecule has 15 heavy (non-hydrogen) atoms. The van der Waals surface area contributed by atoms with Crippen LogP contribution in [0.3, 0.4) is 0 Å². The van der Waals surface area contributed by atoms with E-state index in [0.29, 0.717) is 10.8 Å². The van der Waals surface area contributed by atoms with Crippen molar-refractivity contribution in [1.82, 2.24) is 4.90 Å². The topological polar surface area (TPSA) is 29.3 Å². The molecule has 1 heterocycles. The SMILES string of the molecule is CCC1(C)CCN(CC2(CN)CC2)CC1. The molecule has 1 aliphatic carbocycles. The zero-order valence-electron chi connectivity index (χ0n) is 10.4. The number of likely N-dealkylation sites (tertiary alicyclic amines) is 1. The fourth-order valence-electron chi connectivity index (χ4n) is 2.68. The first kappa shape index (κ1) is 11.4. The Labute approximate surface area is 94.2 Å². The summed E-state index contributed by atoms with van der Waals surface area (Å²) in [4.78, 5) is 2.65. The highest BCUT2D eigenvalue weighted by molar-refractivity contribution is 4.97. The molecule has 0 aromatic carbocycles. The summed E-state index contributed by atoms with van der Waals surface area (Å²) in [5.74, 6) is 0. The summed E-state index contributed by atoms with van der Waals surface area (Å²) in [5, 5.41) is 0. The molecule has 88 valence electrons. The van der Waals surface area contributed by atoms with E-state index in [1.165, 1.54) is 51.7 Å². The second kappa shape index (κ2) is 4.06. The third kappa shape index (κ3) is 2.54. The zero-order chi connectivity index (χ0) is 10.9. The van der Waals surface area contributed by atoms with Crippen LogP contribution < -0.4 is 5.73 Å². The van der Waals surface area contributed by atoms with Crippen LogP contribution in [0.2, 0.25) is 0 Å². The average Bonchev–Trinajstić information content (AvgIpc) is 3.03. The molecule has 0 aromatic heterocycles. The van der Waals surface area contributed by atoms with Crippen LogP contribution in [0.25, 0.3) is 0 Å². The third-order valence-corrected chi connectivity index (χ3v) is 4.87. The van der Waals surface area contributed by atoms with Crippen molar-refractivity contribution in [3.05, 3.63) is 0 Å². The van der Waals surface area contributed by atoms with E-state index in [1.807, 2.05) is 0 Å². The summed E-state index contributed by atoms with van der Waals surface area (Å²) < 4.78 is 0. The molecule has 2 nitrogen and oxygen atoms in total. The van der Waals surface area contributed by atoms with E-state index < -0.39 is 0 Å². The second-order valence-electron chi connectivity index (χ2n) is 6.14. The Bertz CT molecular complexity index is 213. The quantitative estimate of drug-likeness (QED) is 0.771. The van der Waals surface area contributed by atoms with Crippen LogP contribution in [-0.4, -0.2) is 31.1 Å². The maximum Gasteiger partial charge on any atom is 0.00501 e. The van der Waals surface area contributed by atoms with Crippen LogP contribution in [0.1, 0.15) is 46.0 Å². The lowest BCUT2D eigenvalue weighted by molar-refractivity contribution is 0.0983. The van der Waals surface area contributed by atoms with Gasteiger partial charge in [0.1, 0.15) is 0 Å². The largest absolute Gasteiger partial charge is 0.330 e. The van der Waals surface area contributed by atoms with Crippen LogP contribution >= 0.6 is 0 Å². The summed E-state index contributed by atoms with van der Waals surface area (Å²) in [6.45, 7) is 9.54. The van der Waals surface area contributed by atoms with Crippen molar-refractivity contribution >= 4 is 0 Å². The van der Waals surface area contributed by atoms with Gasteiger partial charge in [-0.1, -0.05) is 20.3 Å². The fraction of sp³-hybridized carbons (Fsp3) is 1.00. The van der Waals surface area contributed by atoms with Gasteiger partial charge in [0.25, 0.3) is 0 Å². The molecule has 1 aliphatic heterocycles. The molecule has 2 N–H and O–H groups in total. The monoisotopic (exact) mass is 210 g/mol. The van der Waals surface area contributed by atoms with Gasteiger partial charge in [-0.05, 0) is 56.1 Å². The van der Waals surface area contributed by atoms with E-state index in [2.05, 4.69) is 18.7 Å². The number of hydrogen-bond donors (Lipinski definition) is 1. The van der Waals surface area contributed by atoms with E-state index in [4.69, 9.17) is 5.73 Å². The van der Waals surface area contributed by atoms with Crippen molar-refractivity contribution in [3.8, 4) is 0 Å². The predicted molar refractivity (Wildman–Crippen MR) is 64.8 cm³/mol. The van der Waals surface area contributed by atoms with Gasteiger partial charge in [0, 0.05) is 6.54 Å². The zero-order valence-corrected chi connectivity index (χ0v) is 10.4. The van der Waals surface area contributed by atoms with Crippen molar-refractivity contribution in [3.63, 3.8) is 0 Å². The molecule has 2 aliphatic rings. The van der Waals surface area contributed by atoms with Gasteiger partial charge in [-0.15, -0.1) is 0 Å². The summed E-state index contributed by atoms with van der Waals surface area (Å²) in [6.07, 6.45) is 6.83. The highest BCUT2D eigenvalue weighted by Crippen LogP contribution is 2.46. The average molecular weight is 210 g/mol. The maximum absolute atomic E-state index is 5.84. The molecule has 2 rings (SSSR count). The molecule has 0 atom stereocenters. The summed E-state index contributed by atoms with van der Waals surface area (Å²) >= 11 is 0. The van der Waals surface area contributed by atoms with Crippen LogP contribution in [-0.2, 0) is 0 Å². The summed E-state index contributed by atoms with van der Waals surface area (Å²) in [5.41, 5.74) is 6.99. The Morgan fingerprint density at radius 1 is 1.13 bits per heavy atom. The summed E-state index contributed by atoms with van der Waals surface area (Å²) in [6, 6.07) is 0. The van der Waals surface area contributed by atoms with Crippen molar-refractivity contribution in [1.29, 1.82) is 0 Å². The molecule has 2 fully saturated rings. The van der Waals surface area contributed by atoms with Gasteiger partial charge in [-0.3, -0.25) is 0 Å². The van der Waals surface area contributed by atoms with Crippen molar-refractivity contribution in [2.75, 3.05) is 26.2 Å². The third-order valence-electron chi connectivity index (χ3n) is 4.87. The van der Waals surface area contributed by atoms with Gasteiger partial charge in [0.15, 0.2) is 0 Å². The Balaban J connectivity index is 1.79. The number of rotatable bonds is 4. The van der Waals surface area contributed by atoms with E-state index >= 15 is 0 Å². The molecule has 2 heteroatoms. The minimum atomic E-state index is 0.528. The van der Waals surface area contributed by atoms with Crippen LogP contribution in [0, 0.1) is 10.8 Å². The predicted octanol–water partition coefficient (Wildman–Crippen LogP) is 2.24. The lowest BCUT2D eigenvalue weighted by atomic mass is 9.78. The first-order chi connectivity index (χ1) is 7.11. The highest BCUT2D eigenvalue weighted by atomic mass is 15.1. The van der Waals surface area contributed by atoms with Gasteiger partial charge in [0.2, 0.25) is 0 Å². The standard InChI is InChI=1S/C13H26N2/c1-3-12(2)6-8-15(9-7-12)11-13(10-14)4-5-13/h3-11,14H2,1-2H3. The number of nitrogens with zero attached hydrogens (tertiary/aromatic N) is 1. The number of piperidine rings is 1. The van der Waals surface area contributed by atoms with Gasteiger partial charge in [-0.2, -0.15) is 0 Å². The highest BCUT2D eigenvalue weighted by Gasteiger charge is 2.43. The summed E-state index contributed by atoms with van der Waals surface area (Å²) in [7, 11) is 0. The number of nitrogens with two attached hydrogens (primary N) is 1. The Kier molecular flexibility index (Phi) is 3.09. The van der Waals surface area contributed by atoms with Gasteiger partial charge < -0.3 is 10.6 Å². The lowest BCUT2D eigenvalue weighted by Gasteiger charge is -2.40. The minimum Gasteiger partial charge on any atom is -0.330 e. The van der Waals surface area contributed by atoms with Gasteiger partial charge in [0.05, 0.1) is 0 Å². The van der Waals surface area contributed by atoms with Crippen LogP contribution in [0.15, 0.2) is 0 Å². The molecule has 0 unspecified atom stereocenters. The van der Waals surface area contributed by atoms with Gasteiger partial charge in [-0.25, -0.2) is 0 Å². The molecule has 1 saturated heterocycles. The fourth-order valence-corrected chi connectivity index (χ4v) is 2.68. The molecule has 1 saturated carbocycles. The molecule has 0 bridgehead atoms. The van der Waals surface area contributed by atoms with E-state index in [-0.39, 0.29) is 0 Å². The molecule has 0 aromatic rings. The molecular formula is C13H26N2. The van der Waals surface area contributed by atoms with Gasteiger partial charge >= 0.3 is 0 Å².